The van der Waals surface area contributed by atoms with Crippen LogP contribution in [0.5, 0.6) is 0 Å². The minimum absolute atomic E-state index is 0.650. The van der Waals surface area contributed by atoms with Crippen molar-refractivity contribution in [3.05, 3.63) is 29.8 Å². The first-order valence-electron chi connectivity index (χ1n) is 3.71. The Hall–Kier alpha value is -0.586. The largest absolute Gasteiger partial charge is 0.439 e. The molecular formula is C7H14N2Si2. The van der Waals surface area contributed by atoms with Crippen LogP contribution < -0.4 is 9.96 Å². The van der Waals surface area contributed by atoms with E-state index in [1.54, 1.807) is 0 Å². The van der Waals surface area contributed by atoms with Gasteiger partial charge in [-0.2, -0.15) is 0 Å². The second-order valence-corrected chi connectivity index (χ2v) is 7.20. The lowest BCUT2D eigenvalue weighted by Crippen LogP contribution is -2.16. The molecular weight excluding hydrogens is 168 g/mol. The predicted molar refractivity (Wildman–Crippen MR) is 56.7 cm³/mol. The molecule has 0 atom stereocenters. The van der Waals surface area contributed by atoms with Crippen LogP contribution in [0.2, 0.25) is 0 Å². The Morgan fingerprint density at radius 2 is 1.91 bits per heavy atom. The van der Waals surface area contributed by atoms with E-state index in [-0.39, 0.29) is 0 Å². The maximum absolute atomic E-state index is 5.59. The van der Waals surface area contributed by atoms with E-state index in [2.05, 4.69) is 22.4 Å². The van der Waals surface area contributed by atoms with Gasteiger partial charge in [0.2, 0.25) is 0 Å². The summed E-state index contributed by atoms with van der Waals surface area (Å²) in [7, 11) is 2.20. The van der Waals surface area contributed by atoms with Gasteiger partial charge in [0.1, 0.15) is 0 Å². The Morgan fingerprint density at radius 1 is 1.27 bits per heavy atom. The Balaban J connectivity index is 3.02. The maximum atomic E-state index is 5.59. The van der Waals surface area contributed by atoms with E-state index < -0.39 is 0 Å². The average Bonchev–Trinajstić information content (AvgIpc) is 2.04. The van der Waals surface area contributed by atoms with E-state index >= 15 is 0 Å². The molecule has 0 heterocycles. The van der Waals surface area contributed by atoms with E-state index in [4.69, 9.17) is 5.73 Å². The zero-order chi connectivity index (χ0) is 8.27. The quantitative estimate of drug-likeness (QED) is 0.565. The molecule has 1 aromatic rings. The van der Waals surface area contributed by atoms with E-state index in [1.165, 1.54) is 11.3 Å². The fraction of sp³-hybridized carbons (Fsp3) is 0.143. The second-order valence-electron chi connectivity index (χ2n) is 2.73. The van der Waals surface area contributed by atoms with E-state index in [9.17, 15) is 0 Å². The third-order valence-electron chi connectivity index (χ3n) is 1.69. The lowest BCUT2D eigenvalue weighted by molar-refractivity contribution is 1.07. The highest BCUT2D eigenvalue weighted by atomic mass is 28.2. The summed E-state index contributed by atoms with van der Waals surface area (Å²) in [5.74, 6) is 0. The molecule has 0 unspecified atom stereocenters. The zero-order valence-corrected chi connectivity index (χ0v) is 11.0. The molecule has 0 aromatic heterocycles. The summed E-state index contributed by atoms with van der Waals surface area (Å²) in [6, 6.07) is 8.34. The van der Waals surface area contributed by atoms with Gasteiger partial charge in [-0.1, -0.05) is 18.2 Å². The molecule has 60 valence electrons. The molecule has 2 nitrogen and oxygen atoms in total. The van der Waals surface area contributed by atoms with Gasteiger partial charge in [-0.3, -0.25) is 0 Å². The molecule has 0 aliphatic heterocycles. The number of para-hydroxylation sites is 1. The summed E-state index contributed by atoms with van der Waals surface area (Å²) >= 11 is 0. The van der Waals surface area contributed by atoms with Gasteiger partial charge < -0.3 is 9.96 Å². The topological polar surface area (TPSA) is 29.3 Å². The van der Waals surface area contributed by atoms with Gasteiger partial charge in [0.05, 0.1) is 20.8 Å². The van der Waals surface area contributed by atoms with Crippen molar-refractivity contribution in [2.45, 2.75) is 6.54 Å². The predicted octanol–water partition coefficient (Wildman–Crippen LogP) is -1.49. The van der Waals surface area contributed by atoms with Crippen LogP contribution in [-0.4, -0.2) is 20.8 Å². The molecule has 1 aromatic carbocycles. The van der Waals surface area contributed by atoms with E-state index in [1.807, 2.05) is 6.07 Å². The highest BCUT2D eigenvalue weighted by Crippen LogP contribution is 2.15. The number of nitrogens with two attached hydrogens (primary N) is 1. The van der Waals surface area contributed by atoms with Gasteiger partial charge in [0.15, 0.2) is 0 Å². The zero-order valence-electron chi connectivity index (χ0n) is 7.04. The van der Waals surface area contributed by atoms with Crippen molar-refractivity contribution in [2.24, 2.45) is 5.73 Å². The highest BCUT2D eigenvalue weighted by Gasteiger charge is 1.98. The first-order valence-corrected chi connectivity index (χ1v) is 5.50. The minimum Gasteiger partial charge on any atom is -0.439 e. The van der Waals surface area contributed by atoms with E-state index in [0.29, 0.717) is 6.54 Å². The molecule has 11 heavy (non-hydrogen) atoms. The summed E-state index contributed by atoms with van der Waals surface area (Å²) in [5.41, 5.74) is 8.18. The lowest BCUT2D eigenvalue weighted by Gasteiger charge is -2.16. The third kappa shape index (κ3) is 1.92. The van der Waals surface area contributed by atoms with Crippen molar-refractivity contribution in [1.29, 1.82) is 0 Å². The molecule has 2 N–H and O–H groups in total. The molecule has 1 rings (SSSR count). The number of benzene rings is 1. The summed E-state index contributed by atoms with van der Waals surface area (Å²) < 4.78 is 2.35. The van der Waals surface area contributed by atoms with Crippen molar-refractivity contribution in [2.75, 3.05) is 4.23 Å². The van der Waals surface area contributed by atoms with Crippen LogP contribution in [0.4, 0.5) is 5.69 Å². The lowest BCUT2D eigenvalue weighted by atomic mass is 10.2. The molecule has 0 aliphatic rings. The van der Waals surface area contributed by atoms with Crippen LogP contribution in [0.1, 0.15) is 5.56 Å². The molecule has 0 radical (unpaired) electrons. The molecule has 0 amide bonds. The van der Waals surface area contributed by atoms with Crippen LogP contribution in [0.25, 0.3) is 0 Å². The summed E-state index contributed by atoms with van der Waals surface area (Å²) in [4.78, 5) is 0. The van der Waals surface area contributed by atoms with Crippen molar-refractivity contribution < 1.29 is 0 Å². The Bertz CT molecular complexity index is 238. The Labute approximate surface area is 73.4 Å². The Kier molecular flexibility index (Phi) is 2.87. The van der Waals surface area contributed by atoms with Crippen molar-refractivity contribution in [1.82, 2.24) is 0 Å². The first kappa shape index (κ1) is 8.51. The van der Waals surface area contributed by atoms with Gasteiger partial charge in [-0.15, -0.1) is 0 Å². The van der Waals surface area contributed by atoms with Gasteiger partial charge in [0.25, 0.3) is 0 Å². The van der Waals surface area contributed by atoms with Gasteiger partial charge in [-0.05, 0) is 11.6 Å². The van der Waals surface area contributed by atoms with Crippen LogP contribution in [-0.2, 0) is 6.54 Å². The number of hydrogen-bond acceptors (Lipinski definition) is 2. The van der Waals surface area contributed by atoms with Crippen molar-refractivity contribution in [3.8, 4) is 0 Å². The number of anilines is 1. The molecule has 0 spiro atoms. The first-order chi connectivity index (χ1) is 5.25. The third-order valence-corrected chi connectivity index (χ3v) is 2.66. The van der Waals surface area contributed by atoms with Crippen LogP contribution in [0.3, 0.4) is 0 Å². The molecule has 4 heteroatoms. The monoisotopic (exact) mass is 182 g/mol. The Morgan fingerprint density at radius 3 is 2.36 bits per heavy atom. The minimum atomic E-state index is 0.650. The second kappa shape index (κ2) is 3.70. The van der Waals surface area contributed by atoms with Gasteiger partial charge >= 0.3 is 0 Å². The van der Waals surface area contributed by atoms with E-state index in [0.717, 1.165) is 20.8 Å². The number of hydrogen-bond donors (Lipinski definition) is 1. The summed E-state index contributed by atoms with van der Waals surface area (Å²) in [6.07, 6.45) is 0. The average molecular weight is 182 g/mol. The van der Waals surface area contributed by atoms with Crippen molar-refractivity contribution >= 4 is 26.5 Å². The molecule has 0 bridgehead atoms. The van der Waals surface area contributed by atoms with Crippen LogP contribution >= 0.6 is 0 Å². The molecule has 0 fully saturated rings. The van der Waals surface area contributed by atoms with Crippen molar-refractivity contribution in [3.63, 3.8) is 0 Å². The van der Waals surface area contributed by atoms with Gasteiger partial charge in [-0.25, -0.2) is 0 Å². The summed E-state index contributed by atoms with van der Waals surface area (Å²) in [6.45, 7) is 0.650. The van der Waals surface area contributed by atoms with Gasteiger partial charge in [0, 0.05) is 12.2 Å². The fourth-order valence-electron chi connectivity index (χ4n) is 1.12. The standard InChI is InChI=1S/C7H14N2Si2/c8-5-6-3-1-2-4-7(6)9(10)11/h1-4H,5,8H2,10-11H3. The SMILES string of the molecule is NCc1ccccc1N([SiH3])[SiH3]. The normalized spacial score (nSPS) is 10.3. The molecule has 0 saturated carbocycles. The fourth-order valence-corrected chi connectivity index (χ4v) is 1.99. The number of rotatable bonds is 2. The number of nitrogens with zero attached hydrogens (tertiary/aromatic N) is 1. The molecule has 0 aliphatic carbocycles. The summed E-state index contributed by atoms with van der Waals surface area (Å²) in [5, 5.41) is 0. The smallest absolute Gasteiger partial charge is 0.0965 e. The maximum Gasteiger partial charge on any atom is 0.0965 e. The highest BCUT2D eigenvalue weighted by molar-refractivity contribution is 6.41. The van der Waals surface area contributed by atoms with Crippen LogP contribution in [0, 0.1) is 0 Å². The molecule has 0 saturated heterocycles. The van der Waals surface area contributed by atoms with Crippen LogP contribution in [0.15, 0.2) is 24.3 Å².